The minimum Gasteiger partial charge on any atom is -0.398 e. The first-order valence-corrected chi connectivity index (χ1v) is 26.3. The Bertz CT molecular complexity index is 4290. The molecule has 8 bridgehead atoms. The summed E-state index contributed by atoms with van der Waals surface area (Å²) in [6.07, 6.45) is 0. The quantitative estimate of drug-likeness (QED) is 0.0702. The van der Waals surface area contributed by atoms with Crippen molar-refractivity contribution in [3.8, 4) is 68.3 Å². The van der Waals surface area contributed by atoms with E-state index >= 15 is 0 Å². The monoisotopic (exact) mass is 1020 g/mol. The minimum atomic E-state index is -4.83. The molecular weight excluding hydrogens is 991 g/mol. The fourth-order valence-electron chi connectivity index (χ4n) is 7.62. The molecular formula is C39H27N11O13S5. The van der Waals surface area contributed by atoms with Crippen LogP contribution in [0.25, 0.3) is 90.4 Å². The Hall–Kier alpha value is -7.28. The number of nitrogen functional groups attached to an aromatic ring is 1. The van der Waals surface area contributed by atoms with E-state index < -0.39 is 70.2 Å². The van der Waals surface area contributed by atoms with Gasteiger partial charge in [0.2, 0.25) is 0 Å². The number of nitrogens with two attached hydrogens (primary N) is 1. The van der Waals surface area contributed by atoms with Gasteiger partial charge in [0.15, 0.2) is 39.3 Å². The maximum Gasteiger partial charge on any atom is 0.294 e. The summed E-state index contributed by atoms with van der Waals surface area (Å²) in [6, 6.07) is 16.5. The number of nitrogens with one attached hydrogen (secondary N) is 3. The molecule has 0 aliphatic carbocycles. The second kappa shape index (κ2) is 14.9. The minimum absolute atomic E-state index is 0.00664. The van der Waals surface area contributed by atoms with Crippen molar-refractivity contribution in [2.45, 2.75) is 31.4 Å². The summed E-state index contributed by atoms with van der Waals surface area (Å²) in [5, 5.41) is 0.442. The normalized spacial score (nSPS) is 13.1. The van der Waals surface area contributed by atoms with Gasteiger partial charge in [-0.05, 0) is 97.4 Å². The number of fused-ring (bicyclic) bond motifs is 20. The summed E-state index contributed by atoms with van der Waals surface area (Å²) in [7, 11) is -23.3. The topological polar surface area (TPSA) is 408 Å². The summed E-state index contributed by atoms with van der Waals surface area (Å²) in [6.45, 7) is 1.32. The second-order valence-corrected chi connectivity index (χ2v) is 22.6. The number of nitrogens with zero attached hydrogens (tertiary/aromatic N) is 7. The van der Waals surface area contributed by atoms with Crippen molar-refractivity contribution in [1.29, 1.82) is 4.61 Å². The van der Waals surface area contributed by atoms with Crippen molar-refractivity contribution in [2.24, 2.45) is 0 Å². The van der Waals surface area contributed by atoms with Crippen LogP contribution in [0.4, 0.5) is 11.4 Å². The van der Waals surface area contributed by atoms with Crippen molar-refractivity contribution in [2.75, 3.05) is 10.5 Å². The molecule has 24 nitrogen and oxygen atoms in total. The molecule has 68 heavy (non-hydrogen) atoms. The van der Waals surface area contributed by atoms with Crippen LogP contribution in [-0.2, 0) is 40.4 Å². The number of hydrogen-bond acceptors (Lipinski definition) is 18. The van der Waals surface area contributed by atoms with E-state index in [1.54, 1.807) is 0 Å². The predicted octanol–water partition coefficient (Wildman–Crippen LogP) is 5.79. The molecule has 0 unspecified atom stereocenters. The summed E-state index contributed by atoms with van der Waals surface area (Å²) >= 11 is 0. The standard InChI is InChI=1S/C39H27N11O13S5/c1-16-30(40)10-17(11-31(16)68(61,62)63)50-65(53,54)19-3-7-23-27(13-19)37-44-32-22-6-2-18(64(41,51)52)12-26(22)36(42-32)43-34-24-8-4-20(66(55,56)57)14-28(24)39(47-34)49-35-25-9-5-21(67(58,59)60)15-29(25)38(48-35)46-33(23)45-37/h2-15,50-52H,40H2,1H3,(H,55,56,57)(H,58,59,60)(H,61,62,63)(H2,42,43,44,45,46,47,48,49). The highest BCUT2D eigenvalue weighted by molar-refractivity contribution is 8.11. The van der Waals surface area contributed by atoms with E-state index in [0.29, 0.717) is 0 Å². The van der Waals surface area contributed by atoms with Gasteiger partial charge in [-0.15, -0.1) is 0 Å². The first-order valence-electron chi connectivity index (χ1n) is 19.0. The van der Waals surface area contributed by atoms with Gasteiger partial charge in [0.05, 0.1) is 25.3 Å². The lowest BCUT2D eigenvalue weighted by atomic mass is 10.1. The van der Waals surface area contributed by atoms with Crippen LogP contribution in [0.15, 0.2) is 109 Å². The molecule has 0 saturated heterocycles. The Morgan fingerprint density at radius 1 is 0.515 bits per heavy atom. The average Bonchev–Trinajstić information content (AvgIpc) is 3.98. The number of H-pyrrole nitrogens is 2. The lowest BCUT2D eigenvalue weighted by molar-refractivity contribution is 0.480. The molecule has 10 rings (SSSR count). The lowest BCUT2D eigenvalue weighted by Gasteiger charge is -2.13. The zero-order valence-electron chi connectivity index (χ0n) is 33.8. The van der Waals surface area contributed by atoms with E-state index in [2.05, 4.69) is 39.6 Å². The van der Waals surface area contributed by atoms with Crippen LogP contribution in [-0.4, -0.2) is 96.3 Å². The number of rotatable bonds is 6. The Labute approximate surface area is 383 Å². The fourth-order valence-corrected chi connectivity index (χ4v) is 11.0. The highest BCUT2D eigenvalue weighted by Gasteiger charge is 2.30. The molecule has 346 valence electrons. The summed E-state index contributed by atoms with van der Waals surface area (Å²) in [4.78, 5) is 31.6. The Morgan fingerprint density at radius 2 is 1.00 bits per heavy atom. The highest BCUT2D eigenvalue weighted by atomic mass is 32.3. The van der Waals surface area contributed by atoms with Gasteiger partial charge in [-0.25, -0.2) is 38.3 Å². The van der Waals surface area contributed by atoms with E-state index in [-0.39, 0.29) is 112 Å². The molecule has 0 radical (unpaired) electrons. The first kappa shape index (κ1) is 44.6. The third-order valence-electron chi connectivity index (χ3n) is 10.9. The molecule has 10 N–H and O–H groups in total. The SMILES string of the molecule is Cc1c(N)cc(NS(=O)(=O)c2ccc3c(c2)-c2nc-3nc3nc(nc4nc([nH]c5[nH]c(n2)c2ccc(S(#N)(O)O)cc52)-c2ccc(S(=O)(=O)O)cc2-4)-c2ccc(S(=O)(=O)O)cc2-3)cc1S(=O)(=O)O. The highest BCUT2D eigenvalue weighted by Crippen LogP contribution is 2.43. The van der Waals surface area contributed by atoms with Crippen LogP contribution < -0.4 is 10.5 Å². The molecule has 3 aliphatic rings. The number of aromatic nitrogens is 8. The van der Waals surface area contributed by atoms with Crippen molar-refractivity contribution in [3.63, 3.8) is 0 Å². The summed E-state index contributed by atoms with van der Waals surface area (Å²) in [5.41, 5.74) is 6.20. The molecule has 7 aromatic rings. The van der Waals surface area contributed by atoms with Gasteiger partial charge >= 0.3 is 0 Å². The predicted molar refractivity (Wildman–Crippen MR) is 243 cm³/mol. The van der Waals surface area contributed by atoms with Crippen LogP contribution >= 0.6 is 10.2 Å². The molecule has 29 heteroatoms. The molecule has 2 aromatic heterocycles. The average molecular weight is 1020 g/mol. The first-order chi connectivity index (χ1) is 31.7. The zero-order valence-corrected chi connectivity index (χ0v) is 37.9. The Kier molecular flexibility index (Phi) is 9.74. The molecule has 0 fully saturated rings. The number of benzene rings is 5. The molecule has 0 amide bonds. The molecule has 0 atom stereocenters. The fraction of sp³-hybridized carbons (Fsp3) is 0.0256. The van der Waals surface area contributed by atoms with Crippen LogP contribution in [0.5, 0.6) is 0 Å². The second-order valence-electron chi connectivity index (χ2n) is 15.2. The molecule has 0 spiro atoms. The van der Waals surface area contributed by atoms with Crippen molar-refractivity contribution in [1.82, 2.24) is 39.9 Å². The third-order valence-corrected chi connectivity index (χ3v) is 15.8. The van der Waals surface area contributed by atoms with Crippen molar-refractivity contribution < 1.29 is 56.4 Å². The van der Waals surface area contributed by atoms with Gasteiger partial charge in [-0.1, -0.05) is 0 Å². The van der Waals surface area contributed by atoms with Gasteiger partial charge in [0, 0.05) is 49.8 Å². The van der Waals surface area contributed by atoms with E-state index in [4.69, 9.17) is 10.7 Å². The largest absolute Gasteiger partial charge is 0.398 e. The van der Waals surface area contributed by atoms with Gasteiger partial charge in [-0.3, -0.25) is 27.5 Å². The van der Waals surface area contributed by atoms with Crippen LogP contribution in [0.1, 0.15) is 5.56 Å². The van der Waals surface area contributed by atoms with E-state index in [0.717, 1.165) is 42.5 Å². The number of hydrogen-bond donors (Lipinski definition) is 9. The van der Waals surface area contributed by atoms with Crippen LogP contribution in [0, 0.1) is 11.5 Å². The molecule has 5 aromatic carbocycles. The smallest absolute Gasteiger partial charge is 0.294 e. The van der Waals surface area contributed by atoms with Crippen LogP contribution in [0.2, 0.25) is 0 Å². The summed E-state index contributed by atoms with van der Waals surface area (Å²) < 4.78 is 164. The maximum atomic E-state index is 14.0. The van der Waals surface area contributed by atoms with Gasteiger partial charge in [-0.2, -0.15) is 29.9 Å². The van der Waals surface area contributed by atoms with Crippen molar-refractivity contribution >= 4 is 84.0 Å². The molecule has 5 heterocycles. The number of sulfonamides is 1. The van der Waals surface area contributed by atoms with Gasteiger partial charge < -0.3 is 15.7 Å². The van der Waals surface area contributed by atoms with Crippen LogP contribution in [0.3, 0.4) is 0 Å². The van der Waals surface area contributed by atoms with E-state index in [9.17, 15) is 61.0 Å². The molecule has 3 aliphatic heterocycles. The number of aromatic amines is 2. The van der Waals surface area contributed by atoms with E-state index in [1.165, 1.54) is 49.4 Å². The Morgan fingerprint density at radius 3 is 1.56 bits per heavy atom. The molecule has 0 saturated carbocycles. The Balaban J connectivity index is 1.28. The van der Waals surface area contributed by atoms with Crippen molar-refractivity contribution in [3.05, 3.63) is 90.5 Å². The number of anilines is 2. The maximum absolute atomic E-state index is 14.0. The van der Waals surface area contributed by atoms with Gasteiger partial charge in [0.25, 0.3) is 40.4 Å². The zero-order chi connectivity index (χ0) is 48.6. The van der Waals surface area contributed by atoms with E-state index in [1.807, 2.05) is 0 Å². The third kappa shape index (κ3) is 7.67. The van der Waals surface area contributed by atoms with Gasteiger partial charge in [0.1, 0.15) is 22.0 Å². The summed E-state index contributed by atoms with van der Waals surface area (Å²) in [5.74, 6) is -0.854. The lowest BCUT2D eigenvalue weighted by Crippen LogP contribution is -2.14.